The number of Topliss-reactive ketones (excluding diaryl/α,β-unsaturated/α-hetero) is 1. The largest absolute Gasteiger partial charge is 0.384 e. The van der Waals surface area contributed by atoms with Gasteiger partial charge in [-0.2, -0.15) is 0 Å². The Bertz CT molecular complexity index is 371. The van der Waals surface area contributed by atoms with Crippen molar-refractivity contribution in [1.82, 2.24) is 4.90 Å². The number of carbonyl (C=O) groups is 1. The van der Waals surface area contributed by atoms with E-state index >= 15 is 0 Å². The lowest BCUT2D eigenvalue weighted by Crippen LogP contribution is -2.31. The summed E-state index contributed by atoms with van der Waals surface area (Å²) in [6.45, 7) is 8.18. The highest BCUT2D eigenvalue weighted by molar-refractivity contribution is 5.96. The topological polar surface area (TPSA) is 32.3 Å². The minimum Gasteiger partial charge on any atom is -0.384 e. The van der Waals surface area contributed by atoms with E-state index in [1.807, 2.05) is 31.2 Å². The maximum Gasteiger partial charge on any atom is 0.162 e. The van der Waals surface area contributed by atoms with Crippen molar-refractivity contribution in [2.75, 3.05) is 25.5 Å². The van der Waals surface area contributed by atoms with Gasteiger partial charge in [-0.25, -0.2) is 0 Å². The zero-order chi connectivity index (χ0) is 13.5. The van der Waals surface area contributed by atoms with E-state index in [0.717, 1.165) is 24.3 Å². The van der Waals surface area contributed by atoms with Crippen LogP contribution in [0.25, 0.3) is 0 Å². The van der Waals surface area contributed by atoms with E-state index in [2.05, 4.69) is 31.1 Å². The molecule has 0 radical (unpaired) electrons. The molecule has 1 N–H and O–H groups in total. The molecular formula is C15H24N2O. The fraction of sp³-hybridized carbons (Fsp3) is 0.533. The van der Waals surface area contributed by atoms with Crippen LogP contribution in [0.3, 0.4) is 0 Å². The van der Waals surface area contributed by atoms with E-state index in [9.17, 15) is 4.79 Å². The van der Waals surface area contributed by atoms with Crippen molar-refractivity contribution in [3.63, 3.8) is 0 Å². The van der Waals surface area contributed by atoms with E-state index in [1.165, 1.54) is 0 Å². The molecular weight excluding hydrogens is 224 g/mol. The van der Waals surface area contributed by atoms with Gasteiger partial charge in [0, 0.05) is 36.8 Å². The Balaban J connectivity index is 2.42. The molecule has 3 nitrogen and oxygen atoms in total. The van der Waals surface area contributed by atoms with Crippen molar-refractivity contribution < 1.29 is 4.79 Å². The monoisotopic (exact) mass is 248 g/mol. The van der Waals surface area contributed by atoms with Gasteiger partial charge in [-0.05, 0) is 45.2 Å². The summed E-state index contributed by atoms with van der Waals surface area (Å²) in [7, 11) is 2.12. The fourth-order valence-corrected chi connectivity index (χ4v) is 1.61. The third-order valence-electron chi connectivity index (χ3n) is 3.20. The zero-order valence-corrected chi connectivity index (χ0v) is 11.9. The highest BCUT2D eigenvalue weighted by Gasteiger charge is 2.03. The van der Waals surface area contributed by atoms with Crippen molar-refractivity contribution in [3.8, 4) is 0 Å². The predicted molar refractivity (Wildman–Crippen MR) is 77.3 cm³/mol. The first-order chi connectivity index (χ1) is 8.54. The quantitative estimate of drug-likeness (QED) is 0.753. The predicted octanol–water partition coefficient (Wildman–Crippen LogP) is 3.03. The molecule has 0 aromatic heterocycles. The molecule has 0 aliphatic heterocycles. The van der Waals surface area contributed by atoms with E-state index in [1.54, 1.807) is 0 Å². The van der Waals surface area contributed by atoms with Crippen molar-refractivity contribution >= 4 is 11.5 Å². The molecule has 0 amide bonds. The standard InChI is InChI=1S/C15H24N2O/c1-5-15(18)13-6-8-14(9-7-13)16-10-11-17(4)12(2)3/h6-9,12,16H,5,10-11H2,1-4H3. The third kappa shape index (κ3) is 4.49. The lowest BCUT2D eigenvalue weighted by molar-refractivity contribution is 0.0988. The van der Waals surface area contributed by atoms with E-state index < -0.39 is 0 Å². The smallest absolute Gasteiger partial charge is 0.162 e. The average Bonchev–Trinajstić information content (AvgIpc) is 2.38. The lowest BCUT2D eigenvalue weighted by atomic mass is 10.1. The minimum absolute atomic E-state index is 0.195. The van der Waals surface area contributed by atoms with Gasteiger partial charge in [0.2, 0.25) is 0 Å². The van der Waals surface area contributed by atoms with Gasteiger partial charge in [-0.15, -0.1) is 0 Å². The number of likely N-dealkylation sites (N-methyl/N-ethyl adjacent to an activating group) is 1. The molecule has 0 fully saturated rings. The summed E-state index contributed by atoms with van der Waals surface area (Å²) in [5, 5.41) is 3.36. The second kappa shape index (κ2) is 7.17. The molecule has 0 atom stereocenters. The van der Waals surface area contributed by atoms with Crippen LogP contribution in [0.2, 0.25) is 0 Å². The molecule has 18 heavy (non-hydrogen) atoms. The fourth-order valence-electron chi connectivity index (χ4n) is 1.61. The van der Waals surface area contributed by atoms with Gasteiger partial charge in [-0.1, -0.05) is 6.92 Å². The third-order valence-corrected chi connectivity index (χ3v) is 3.20. The first-order valence-electron chi connectivity index (χ1n) is 6.62. The number of ketones is 1. The molecule has 0 aliphatic rings. The summed E-state index contributed by atoms with van der Waals surface area (Å²) in [5.41, 5.74) is 1.86. The van der Waals surface area contributed by atoms with Crippen LogP contribution in [0.15, 0.2) is 24.3 Å². The van der Waals surface area contributed by atoms with Gasteiger partial charge in [0.1, 0.15) is 0 Å². The Hall–Kier alpha value is -1.35. The highest BCUT2D eigenvalue weighted by Crippen LogP contribution is 2.10. The summed E-state index contributed by atoms with van der Waals surface area (Å²) >= 11 is 0. The normalized spacial score (nSPS) is 11.0. The zero-order valence-electron chi connectivity index (χ0n) is 11.9. The molecule has 0 aliphatic carbocycles. The minimum atomic E-state index is 0.195. The molecule has 1 aromatic rings. The number of benzene rings is 1. The molecule has 0 spiro atoms. The van der Waals surface area contributed by atoms with Gasteiger partial charge in [0.05, 0.1) is 0 Å². The summed E-state index contributed by atoms with van der Waals surface area (Å²) in [4.78, 5) is 13.8. The second-order valence-electron chi connectivity index (χ2n) is 4.86. The van der Waals surface area contributed by atoms with Gasteiger partial charge in [-0.3, -0.25) is 4.79 Å². The number of carbonyl (C=O) groups excluding carboxylic acids is 1. The van der Waals surface area contributed by atoms with Crippen LogP contribution in [0.5, 0.6) is 0 Å². The van der Waals surface area contributed by atoms with E-state index in [0.29, 0.717) is 12.5 Å². The van der Waals surface area contributed by atoms with Crippen molar-refractivity contribution in [2.24, 2.45) is 0 Å². The molecule has 0 unspecified atom stereocenters. The molecule has 1 aromatic carbocycles. The SMILES string of the molecule is CCC(=O)c1ccc(NCCN(C)C(C)C)cc1. The van der Waals surface area contributed by atoms with Crippen LogP contribution in [0.1, 0.15) is 37.6 Å². The average molecular weight is 248 g/mol. The Morgan fingerprint density at radius 2 is 1.89 bits per heavy atom. The number of anilines is 1. The van der Waals surface area contributed by atoms with Crippen LogP contribution in [-0.2, 0) is 0 Å². The second-order valence-corrected chi connectivity index (χ2v) is 4.86. The Labute approximate surface area is 110 Å². The molecule has 0 saturated carbocycles. The molecule has 0 saturated heterocycles. The van der Waals surface area contributed by atoms with Crippen LogP contribution in [0.4, 0.5) is 5.69 Å². The van der Waals surface area contributed by atoms with Crippen molar-refractivity contribution in [3.05, 3.63) is 29.8 Å². The molecule has 0 bridgehead atoms. The summed E-state index contributed by atoms with van der Waals surface area (Å²) < 4.78 is 0. The van der Waals surface area contributed by atoms with Crippen molar-refractivity contribution in [2.45, 2.75) is 33.2 Å². The first kappa shape index (κ1) is 14.7. The number of hydrogen-bond acceptors (Lipinski definition) is 3. The Kier molecular flexibility index (Phi) is 5.86. The van der Waals surface area contributed by atoms with Crippen LogP contribution in [-0.4, -0.2) is 36.9 Å². The summed E-state index contributed by atoms with van der Waals surface area (Å²) in [6.07, 6.45) is 0.561. The molecule has 1 rings (SSSR count). The van der Waals surface area contributed by atoms with E-state index in [-0.39, 0.29) is 5.78 Å². The number of nitrogens with zero attached hydrogens (tertiary/aromatic N) is 1. The lowest BCUT2D eigenvalue weighted by Gasteiger charge is -2.21. The Morgan fingerprint density at radius 3 is 2.39 bits per heavy atom. The molecule has 0 heterocycles. The van der Waals surface area contributed by atoms with Crippen LogP contribution < -0.4 is 5.32 Å². The molecule has 3 heteroatoms. The highest BCUT2D eigenvalue weighted by atomic mass is 16.1. The van der Waals surface area contributed by atoms with Crippen molar-refractivity contribution in [1.29, 1.82) is 0 Å². The van der Waals surface area contributed by atoms with Gasteiger partial charge < -0.3 is 10.2 Å². The first-order valence-corrected chi connectivity index (χ1v) is 6.62. The van der Waals surface area contributed by atoms with E-state index in [4.69, 9.17) is 0 Å². The van der Waals surface area contributed by atoms with Crippen LogP contribution >= 0.6 is 0 Å². The summed E-state index contributed by atoms with van der Waals surface area (Å²) in [5.74, 6) is 0.195. The van der Waals surface area contributed by atoms with Gasteiger partial charge in [0.15, 0.2) is 5.78 Å². The summed E-state index contributed by atoms with van der Waals surface area (Å²) in [6, 6.07) is 8.29. The maximum absolute atomic E-state index is 11.5. The van der Waals surface area contributed by atoms with Crippen LogP contribution in [0, 0.1) is 0 Å². The molecule has 100 valence electrons. The van der Waals surface area contributed by atoms with Gasteiger partial charge in [0.25, 0.3) is 0 Å². The number of nitrogens with one attached hydrogen (secondary N) is 1. The maximum atomic E-state index is 11.5. The number of rotatable bonds is 7. The van der Waals surface area contributed by atoms with Gasteiger partial charge >= 0.3 is 0 Å². The Morgan fingerprint density at radius 1 is 1.28 bits per heavy atom. The number of hydrogen-bond donors (Lipinski definition) is 1.